The smallest absolute Gasteiger partial charge is 0.273 e. The molecule has 1 aromatic heterocycles. The Morgan fingerprint density at radius 1 is 1.41 bits per heavy atom. The molecule has 0 spiro atoms. The van der Waals surface area contributed by atoms with E-state index in [9.17, 15) is 4.79 Å². The van der Waals surface area contributed by atoms with Crippen molar-refractivity contribution in [1.82, 2.24) is 9.88 Å². The summed E-state index contributed by atoms with van der Waals surface area (Å²) >= 11 is 1.48. The Hall–Kier alpha value is -1.88. The van der Waals surface area contributed by atoms with Gasteiger partial charge in [0.05, 0.1) is 6.61 Å². The van der Waals surface area contributed by atoms with E-state index in [4.69, 9.17) is 4.74 Å². The highest BCUT2D eigenvalue weighted by Crippen LogP contribution is 2.27. The summed E-state index contributed by atoms with van der Waals surface area (Å²) in [4.78, 5) is 18.2. The van der Waals surface area contributed by atoms with Gasteiger partial charge in [0, 0.05) is 24.5 Å². The number of thiazole rings is 1. The van der Waals surface area contributed by atoms with Gasteiger partial charge >= 0.3 is 0 Å². The van der Waals surface area contributed by atoms with Crippen LogP contribution in [0.1, 0.15) is 31.3 Å². The predicted molar refractivity (Wildman–Crippen MR) is 90.5 cm³/mol. The molecular weight excluding hydrogens is 296 g/mol. The van der Waals surface area contributed by atoms with E-state index in [-0.39, 0.29) is 5.91 Å². The Morgan fingerprint density at radius 3 is 2.86 bits per heavy atom. The van der Waals surface area contributed by atoms with Gasteiger partial charge in [-0.15, -0.1) is 11.3 Å². The van der Waals surface area contributed by atoms with Crippen LogP contribution in [-0.4, -0.2) is 36.0 Å². The number of hydrogen-bond acceptors (Lipinski definition) is 4. The van der Waals surface area contributed by atoms with Crippen molar-refractivity contribution in [1.29, 1.82) is 0 Å². The molecule has 0 fully saturated rings. The maximum Gasteiger partial charge on any atom is 0.273 e. The highest BCUT2D eigenvalue weighted by molar-refractivity contribution is 7.13. The Kier molecular flexibility index (Phi) is 5.55. The first-order chi connectivity index (χ1) is 10.5. The van der Waals surface area contributed by atoms with E-state index in [1.165, 1.54) is 11.3 Å². The van der Waals surface area contributed by atoms with Crippen LogP contribution in [0.3, 0.4) is 0 Å². The minimum Gasteiger partial charge on any atom is -0.493 e. The van der Waals surface area contributed by atoms with Crippen molar-refractivity contribution < 1.29 is 9.53 Å². The topological polar surface area (TPSA) is 42.4 Å². The quantitative estimate of drug-likeness (QED) is 0.810. The lowest BCUT2D eigenvalue weighted by molar-refractivity contribution is 0.0797. The Balaban J connectivity index is 2.17. The molecule has 22 heavy (non-hydrogen) atoms. The third-order valence-electron chi connectivity index (χ3n) is 3.21. The maximum absolute atomic E-state index is 12.1. The molecule has 0 saturated carbocycles. The molecule has 2 rings (SSSR count). The number of carbonyl (C=O) groups excluding carboxylic acids is 1. The number of amides is 1. The summed E-state index contributed by atoms with van der Waals surface area (Å²) in [5.41, 5.74) is 1.47. The van der Waals surface area contributed by atoms with Gasteiger partial charge in [0.15, 0.2) is 0 Å². The van der Waals surface area contributed by atoms with E-state index >= 15 is 0 Å². The minimum atomic E-state index is -0.0442. The lowest BCUT2D eigenvalue weighted by Crippen LogP contribution is -2.26. The Labute approximate surface area is 135 Å². The van der Waals surface area contributed by atoms with Gasteiger partial charge < -0.3 is 9.64 Å². The normalized spacial score (nSPS) is 10.8. The maximum atomic E-state index is 12.1. The van der Waals surface area contributed by atoms with Gasteiger partial charge in [-0.25, -0.2) is 4.98 Å². The second-order valence-electron chi connectivity index (χ2n) is 5.59. The number of aromatic nitrogens is 1. The first kappa shape index (κ1) is 16.5. The molecule has 2 aromatic rings. The van der Waals surface area contributed by atoms with Crippen molar-refractivity contribution in [3.05, 3.63) is 35.3 Å². The van der Waals surface area contributed by atoms with Gasteiger partial charge in [0.25, 0.3) is 5.91 Å². The summed E-state index contributed by atoms with van der Waals surface area (Å²) in [5, 5.41) is 2.65. The third-order valence-corrected chi connectivity index (χ3v) is 4.10. The van der Waals surface area contributed by atoms with Crippen LogP contribution in [-0.2, 0) is 0 Å². The number of nitrogens with zero attached hydrogens (tertiary/aromatic N) is 2. The van der Waals surface area contributed by atoms with E-state index in [1.807, 2.05) is 36.6 Å². The molecule has 1 amide bonds. The molecule has 4 nitrogen and oxygen atoms in total. The van der Waals surface area contributed by atoms with Crippen LogP contribution in [0.15, 0.2) is 29.6 Å². The number of hydrogen-bond donors (Lipinski definition) is 0. The molecule has 0 N–H and O–H groups in total. The van der Waals surface area contributed by atoms with Crippen LogP contribution in [0.4, 0.5) is 0 Å². The first-order valence-electron chi connectivity index (χ1n) is 7.45. The van der Waals surface area contributed by atoms with Crippen LogP contribution in [0.2, 0.25) is 0 Å². The predicted octanol–water partition coefficient (Wildman–Crippen LogP) is 3.94. The second kappa shape index (κ2) is 7.40. The summed E-state index contributed by atoms with van der Waals surface area (Å²) in [6, 6.07) is 7.85. The lowest BCUT2D eigenvalue weighted by Gasteiger charge is -2.12. The van der Waals surface area contributed by atoms with Crippen molar-refractivity contribution in [2.45, 2.75) is 20.8 Å². The molecule has 1 aromatic carbocycles. The molecule has 0 radical (unpaired) electrons. The molecular formula is C17H22N2O2S. The van der Waals surface area contributed by atoms with Crippen LogP contribution < -0.4 is 4.74 Å². The van der Waals surface area contributed by atoms with Crippen LogP contribution in [0.25, 0.3) is 10.6 Å². The highest BCUT2D eigenvalue weighted by Gasteiger charge is 2.15. The molecule has 0 bridgehead atoms. The van der Waals surface area contributed by atoms with Crippen molar-refractivity contribution in [3.63, 3.8) is 0 Å². The Morgan fingerprint density at radius 2 is 2.18 bits per heavy atom. The van der Waals surface area contributed by atoms with Gasteiger partial charge in [-0.2, -0.15) is 0 Å². The van der Waals surface area contributed by atoms with Crippen molar-refractivity contribution in [2.75, 3.05) is 20.2 Å². The summed E-state index contributed by atoms with van der Waals surface area (Å²) in [5.74, 6) is 1.27. The minimum absolute atomic E-state index is 0.0442. The molecule has 0 saturated heterocycles. The fraction of sp³-hybridized carbons (Fsp3) is 0.412. The molecule has 1 heterocycles. The number of ether oxygens (including phenoxy) is 1. The lowest BCUT2D eigenvalue weighted by atomic mass is 10.2. The molecule has 118 valence electrons. The summed E-state index contributed by atoms with van der Waals surface area (Å²) in [6.45, 7) is 7.54. The SMILES string of the molecule is CCN(C)C(=O)c1csc(-c2cccc(OCC(C)C)c2)n1. The third kappa shape index (κ3) is 4.07. The molecule has 0 aliphatic heterocycles. The van der Waals surface area contributed by atoms with E-state index in [0.717, 1.165) is 16.3 Å². The van der Waals surface area contributed by atoms with Crippen LogP contribution in [0.5, 0.6) is 5.75 Å². The zero-order valence-electron chi connectivity index (χ0n) is 13.5. The fourth-order valence-corrected chi connectivity index (χ4v) is 2.62. The van der Waals surface area contributed by atoms with Gasteiger partial charge in [0.1, 0.15) is 16.5 Å². The van der Waals surface area contributed by atoms with E-state index in [2.05, 4.69) is 18.8 Å². The van der Waals surface area contributed by atoms with Crippen LogP contribution in [0, 0.1) is 5.92 Å². The van der Waals surface area contributed by atoms with E-state index < -0.39 is 0 Å². The number of carbonyl (C=O) groups is 1. The second-order valence-corrected chi connectivity index (χ2v) is 6.45. The van der Waals surface area contributed by atoms with Gasteiger partial charge in [0.2, 0.25) is 0 Å². The Bertz CT molecular complexity index is 637. The summed E-state index contributed by atoms with van der Waals surface area (Å²) in [6.07, 6.45) is 0. The largest absolute Gasteiger partial charge is 0.493 e. The van der Waals surface area contributed by atoms with Crippen LogP contribution >= 0.6 is 11.3 Å². The van der Waals surface area contributed by atoms with Crippen molar-refractivity contribution in [2.24, 2.45) is 5.92 Å². The summed E-state index contributed by atoms with van der Waals surface area (Å²) in [7, 11) is 1.78. The molecule has 0 aliphatic rings. The molecule has 5 heteroatoms. The zero-order valence-corrected chi connectivity index (χ0v) is 14.3. The van der Waals surface area contributed by atoms with E-state index in [1.54, 1.807) is 11.9 Å². The summed E-state index contributed by atoms with van der Waals surface area (Å²) < 4.78 is 5.74. The number of rotatable bonds is 6. The van der Waals surface area contributed by atoms with Gasteiger partial charge in [-0.05, 0) is 25.0 Å². The van der Waals surface area contributed by atoms with Gasteiger partial charge in [-0.1, -0.05) is 26.0 Å². The average molecular weight is 318 g/mol. The number of benzene rings is 1. The fourth-order valence-electron chi connectivity index (χ4n) is 1.83. The van der Waals surface area contributed by atoms with E-state index in [0.29, 0.717) is 24.8 Å². The molecule has 0 unspecified atom stereocenters. The average Bonchev–Trinajstić information content (AvgIpc) is 3.01. The molecule has 0 atom stereocenters. The first-order valence-corrected chi connectivity index (χ1v) is 8.33. The van der Waals surface area contributed by atoms with Gasteiger partial charge in [-0.3, -0.25) is 4.79 Å². The molecule has 0 aliphatic carbocycles. The monoisotopic (exact) mass is 318 g/mol. The highest BCUT2D eigenvalue weighted by atomic mass is 32.1. The standard InChI is InChI=1S/C17H22N2O2S/c1-5-19(4)17(20)15-11-22-16(18-15)13-7-6-8-14(9-13)21-10-12(2)3/h6-9,11-12H,5,10H2,1-4H3. The van der Waals surface area contributed by atoms with Crippen molar-refractivity contribution in [3.8, 4) is 16.3 Å². The zero-order chi connectivity index (χ0) is 16.1. The van der Waals surface area contributed by atoms with Crippen molar-refractivity contribution >= 4 is 17.2 Å².